The molecule has 0 atom stereocenters. The van der Waals surface area contributed by atoms with E-state index in [0.29, 0.717) is 13.0 Å². The third-order valence-electron chi connectivity index (χ3n) is 1.97. The van der Waals surface area contributed by atoms with Crippen molar-refractivity contribution in [2.24, 2.45) is 7.05 Å². The van der Waals surface area contributed by atoms with Crippen molar-refractivity contribution in [1.82, 2.24) is 25.4 Å². The lowest BCUT2D eigenvalue weighted by Gasteiger charge is -2.01. The molecule has 1 aromatic rings. The molecule has 2 N–H and O–H groups in total. The fourth-order valence-electron chi connectivity index (χ4n) is 1.16. The second-order valence-electron chi connectivity index (χ2n) is 3.29. The van der Waals surface area contributed by atoms with Crippen LogP contribution in [0.4, 0.5) is 0 Å². The molecule has 0 bridgehead atoms. The van der Waals surface area contributed by atoms with Crippen LogP contribution in [0.15, 0.2) is 6.33 Å². The predicted octanol–water partition coefficient (Wildman–Crippen LogP) is -0.569. The molecule has 84 valence electrons. The standard InChI is InChI=1S/C9H17N5O/c1-10-9(15)4-3-5-11-6-8-12-7-14(2)13-8/h7,11H,3-6H2,1-2H3,(H,10,15). The number of amides is 1. The minimum absolute atomic E-state index is 0.0766. The van der Waals surface area contributed by atoms with Crippen LogP contribution < -0.4 is 10.6 Å². The van der Waals surface area contributed by atoms with Crippen molar-refractivity contribution in [3.8, 4) is 0 Å². The summed E-state index contributed by atoms with van der Waals surface area (Å²) < 4.78 is 1.67. The average Bonchev–Trinajstić information content (AvgIpc) is 2.63. The molecule has 0 aliphatic heterocycles. The summed E-state index contributed by atoms with van der Waals surface area (Å²) >= 11 is 0. The van der Waals surface area contributed by atoms with E-state index in [4.69, 9.17) is 0 Å². The van der Waals surface area contributed by atoms with E-state index in [2.05, 4.69) is 20.7 Å². The largest absolute Gasteiger partial charge is 0.359 e. The molecule has 0 unspecified atom stereocenters. The van der Waals surface area contributed by atoms with Gasteiger partial charge in [0.25, 0.3) is 0 Å². The summed E-state index contributed by atoms with van der Waals surface area (Å²) in [6.45, 7) is 1.44. The molecule has 0 aliphatic rings. The molecular weight excluding hydrogens is 194 g/mol. The van der Waals surface area contributed by atoms with Gasteiger partial charge in [-0.1, -0.05) is 0 Å². The second kappa shape index (κ2) is 6.13. The molecule has 6 heteroatoms. The molecular formula is C9H17N5O. The molecule has 0 aromatic carbocycles. The molecule has 1 aromatic heterocycles. The number of carbonyl (C=O) groups excluding carboxylic acids is 1. The van der Waals surface area contributed by atoms with Crippen molar-refractivity contribution in [2.45, 2.75) is 19.4 Å². The monoisotopic (exact) mass is 211 g/mol. The van der Waals surface area contributed by atoms with Crippen LogP contribution >= 0.6 is 0 Å². The van der Waals surface area contributed by atoms with Gasteiger partial charge < -0.3 is 10.6 Å². The first-order chi connectivity index (χ1) is 7.22. The Morgan fingerprint density at radius 1 is 1.60 bits per heavy atom. The number of hydrogen-bond donors (Lipinski definition) is 2. The lowest BCUT2D eigenvalue weighted by molar-refractivity contribution is -0.120. The van der Waals surface area contributed by atoms with Crippen molar-refractivity contribution in [1.29, 1.82) is 0 Å². The minimum Gasteiger partial charge on any atom is -0.359 e. The van der Waals surface area contributed by atoms with Gasteiger partial charge >= 0.3 is 0 Å². The lowest BCUT2D eigenvalue weighted by Crippen LogP contribution is -2.21. The van der Waals surface area contributed by atoms with E-state index >= 15 is 0 Å². The number of nitrogens with zero attached hydrogens (tertiary/aromatic N) is 3. The molecule has 0 saturated carbocycles. The Morgan fingerprint density at radius 2 is 2.40 bits per heavy atom. The van der Waals surface area contributed by atoms with Crippen LogP contribution in [-0.2, 0) is 18.4 Å². The van der Waals surface area contributed by atoms with E-state index in [1.54, 1.807) is 18.1 Å². The molecule has 6 nitrogen and oxygen atoms in total. The van der Waals surface area contributed by atoms with Crippen LogP contribution in [0.2, 0.25) is 0 Å². The smallest absolute Gasteiger partial charge is 0.219 e. The van der Waals surface area contributed by atoms with Gasteiger partial charge in [-0.3, -0.25) is 9.48 Å². The van der Waals surface area contributed by atoms with Crippen LogP contribution in [0.3, 0.4) is 0 Å². The van der Waals surface area contributed by atoms with Crippen LogP contribution in [0.1, 0.15) is 18.7 Å². The number of aryl methyl sites for hydroxylation is 1. The highest BCUT2D eigenvalue weighted by atomic mass is 16.1. The Hall–Kier alpha value is -1.43. The SMILES string of the molecule is CNC(=O)CCCNCc1ncn(C)n1. The van der Waals surface area contributed by atoms with Crippen molar-refractivity contribution in [3.63, 3.8) is 0 Å². The molecule has 0 aliphatic carbocycles. The number of carbonyl (C=O) groups is 1. The van der Waals surface area contributed by atoms with Crippen LogP contribution in [0.25, 0.3) is 0 Å². The first-order valence-electron chi connectivity index (χ1n) is 4.98. The third kappa shape index (κ3) is 4.55. The van der Waals surface area contributed by atoms with Gasteiger partial charge in [0.15, 0.2) is 5.82 Å². The fraction of sp³-hybridized carbons (Fsp3) is 0.667. The maximum absolute atomic E-state index is 10.9. The van der Waals surface area contributed by atoms with E-state index in [1.807, 2.05) is 7.05 Å². The Morgan fingerprint density at radius 3 is 3.00 bits per heavy atom. The minimum atomic E-state index is 0.0766. The summed E-state index contributed by atoms with van der Waals surface area (Å²) in [5.41, 5.74) is 0. The van der Waals surface area contributed by atoms with Crippen molar-refractivity contribution in [3.05, 3.63) is 12.2 Å². The van der Waals surface area contributed by atoms with Gasteiger partial charge in [0.2, 0.25) is 5.91 Å². The zero-order valence-corrected chi connectivity index (χ0v) is 9.16. The summed E-state index contributed by atoms with van der Waals surface area (Å²) in [6.07, 6.45) is 3.05. The zero-order chi connectivity index (χ0) is 11.1. The maximum atomic E-state index is 10.9. The average molecular weight is 211 g/mol. The number of hydrogen-bond acceptors (Lipinski definition) is 4. The van der Waals surface area contributed by atoms with E-state index in [1.165, 1.54) is 0 Å². The highest BCUT2D eigenvalue weighted by Crippen LogP contribution is 1.89. The summed E-state index contributed by atoms with van der Waals surface area (Å²) in [4.78, 5) is 15.0. The molecule has 0 radical (unpaired) electrons. The highest BCUT2D eigenvalue weighted by molar-refractivity contribution is 5.75. The Labute approximate surface area is 89.1 Å². The van der Waals surface area contributed by atoms with E-state index in [0.717, 1.165) is 18.8 Å². The number of aromatic nitrogens is 3. The number of nitrogens with one attached hydrogen (secondary N) is 2. The van der Waals surface area contributed by atoms with E-state index in [-0.39, 0.29) is 5.91 Å². The van der Waals surface area contributed by atoms with Gasteiger partial charge in [0, 0.05) is 20.5 Å². The molecule has 0 saturated heterocycles. The molecule has 0 fully saturated rings. The lowest BCUT2D eigenvalue weighted by atomic mass is 10.3. The van der Waals surface area contributed by atoms with Crippen molar-refractivity contribution < 1.29 is 4.79 Å². The van der Waals surface area contributed by atoms with Crippen molar-refractivity contribution in [2.75, 3.05) is 13.6 Å². The van der Waals surface area contributed by atoms with E-state index < -0.39 is 0 Å². The van der Waals surface area contributed by atoms with Gasteiger partial charge in [-0.05, 0) is 13.0 Å². The number of rotatable bonds is 6. The van der Waals surface area contributed by atoms with Gasteiger partial charge in [0.05, 0.1) is 6.54 Å². The predicted molar refractivity (Wildman–Crippen MR) is 56.0 cm³/mol. The van der Waals surface area contributed by atoms with Crippen LogP contribution in [-0.4, -0.2) is 34.3 Å². The molecule has 1 amide bonds. The summed E-state index contributed by atoms with van der Waals surface area (Å²) in [5, 5.41) is 9.88. The molecule has 1 rings (SSSR count). The summed E-state index contributed by atoms with van der Waals surface area (Å²) in [6, 6.07) is 0. The van der Waals surface area contributed by atoms with E-state index in [9.17, 15) is 4.79 Å². The Kier molecular flexibility index (Phi) is 4.76. The highest BCUT2D eigenvalue weighted by Gasteiger charge is 1.99. The fourth-order valence-corrected chi connectivity index (χ4v) is 1.16. The van der Waals surface area contributed by atoms with Crippen molar-refractivity contribution >= 4 is 5.91 Å². The topological polar surface area (TPSA) is 71.8 Å². The van der Waals surface area contributed by atoms with Crippen LogP contribution in [0.5, 0.6) is 0 Å². The zero-order valence-electron chi connectivity index (χ0n) is 9.16. The van der Waals surface area contributed by atoms with Gasteiger partial charge in [-0.15, -0.1) is 0 Å². The maximum Gasteiger partial charge on any atom is 0.219 e. The first-order valence-corrected chi connectivity index (χ1v) is 4.98. The van der Waals surface area contributed by atoms with Gasteiger partial charge in [-0.2, -0.15) is 5.10 Å². The second-order valence-corrected chi connectivity index (χ2v) is 3.29. The molecule has 15 heavy (non-hydrogen) atoms. The Balaban J connectivity index is 2.05. The van der Waals surface area contributed by atoms with Gasteiger partial charge in [0.1, 0.15) is 6.33 Å². The Bertz CT molecular complexity index is 309. The summed E-state index contributed by atoms with van der Waals surface area (Å²) in [7, 11) is 3.48. The quantitative estimate of drug-likeness (QED) is 0.618. The molecule has 1 heterocycles. The van der Waals surface area contributed by atoms with Crippen LogP contribution in [0, 0.1) is 0 Å². The molecule has 0 spiro atoms. The van der Waals surface area contributed by atoms with Gasteiger partial charge in [-0.25, -0.2) is 4.98 Å². The summed E-state index contributed by atoms with van der Waals surface area (Å²) in [5.74, 6) is 0.852. The normalized spacial score (nSPS) is 10.3. The first kappa shape index (κ1) is 11.6. The third-order valence-corrected chi connectivity index (χ3v) is 1.97.